The first kappa shape index (κ1) is 19.4. The third-order valence-electron chi connectivity index (χ3n) is 4.59. The monoisotopic (exact) mass is 406 g/mol. The van der Waals surface area contributed by atoms with E-state index in [1.807, 2.05) is 6.07 Å². The van der Waals surface area contributed by atoms with E-state index in [0.717, 1.165) is 17.7 Å². The molecule has 0 spiro atoms. The second-order valence-corrected chi connectivity index (χ2v) is 6.62. The lowest BCUT2D eigenvalue weighted by molar-refractivity contribution is 0.0946. The Hall–Kier alpha value is -3.94. The molecule has 2 aromatic heterocycles. The standard InChI is InChI=1S/C22H16F2N4O2/c23-15-7-8-18(19(24)10-15)21(29)26-12-20-16-5-1-2-6-17(16)22(30)28(27-20)13-14-4-3-9-25-11-14/h1-11H,12-13H2,(H,26,29). The minimum absolute atomic E-state index is 0.0382. The summed E-state index contributed by atoms with van der Waals surface area (Å²) in [6.45, 7) is 0.175. The van der Waals surface area contributed by atoms with Gasteiger partial charge in [0.2, 0.25) is 0 Å². The van der Waals surface area contributed by atoms with Gasteiger partial charge in [-0.25, -0.2) is 13.5 Å². The van der Waals surface area contributed by atoms with E-state index in [1.54, 1.807) is 42.7 Å². The number of halogens is 2. The maximum Gasteiger partial charge on any atom is 0.274 e. The molecule has 0 aliphatic rings. The molecule has 0 aliphatic heterocycles. The van der Waals surface area contributed by atoms with Crippen LogP contribution in [0.15, 0.2) is 71.8 Å². The Morgan fingerprint density at radius 1 is 1.03 bits per heavy atom. The summed E-state index contributed by atoms with van der Waals surface area (Å²) >= 11 is 0. The van der Waals surface area contributed by atoms with Crippen molar-refractivity contribution in [2.24, 2.45) is 0 Å². The highest BCUT2D eigenvalue weighted by Gasteiger charge is 2.15. The van der Waals surface area contributed by atoms with E-state index in [0.29, 0.717) is 22.5 Å². The number of rotatable bonds is 5. The van der Waals surface area contributed by atoms with Gasteiger partial charge in [0.15, 0.2) is 0 Å². The Bertz CT molecular complexity index is 1290. The summed E-state index contributed by atoms with van der Waals surface area (Å²) in [7, 11) is 0. The van der Waals surface area contributed by atoms with Crippen LogP contribution >= 0.6 is 0 Å². The maximum atomic E-state index is 13.9. The lowest BCUT2D eigenvalue weighted by Gasteiger charge is -2.12. The molecule has 30 heavy (non-hydrogen) atoms. The van der Waals surface area contributed by atoms with Crippen LogP contribution in [0.25, 0.3) is 10.8 Å². The van der Waals surface area contributed by atoms with Gasteiger partial charge < -0.3 is 5.32 Å². The number of amides is 1. The number of benzene rings is 2. The van der Waals surface area contributed by atoms with Crippen molar-refractivity contribution < 1.29 is 13.6 Å². The third kappa shape index (κ3) is 3.93. The van der Waals surface area contributed by atoms with Crippen molar-refractivity contribution in [2.45, 2.75) is 13.1 Å². The van der Waals surface area contributed by atoms with E-state index in [-0.39, 0.29) is 24.2 Å². The van der Waals surface area contributed by atoms with Crippen LogP contribution in [0.1, 0.15) is 21.6 Å². The summed E-state index contributed by atoms with van der Waals surface area (Å²) in [5.74, 6) is -2.42. The number of nitrogens with zero attached hydrogens (tertiary/aromatic N) is 3. The van der Waals surface area contributed by atoms with Crippen LogP contribution in [-0.2, 0) is 13.1 Å². The first-order chi connectivity index (χ1) is 14.5. The summed E-state index contributed by atoms with van der Waals surface area (Å²) in [6, 6.07) is 13.3. The fraction of sp³-hybridized carbons (Fsp3) is 0.0909. The fourth-order valence-corrected chi connectivity index (χ4v) is 3.14. The minimum Gasteiger partial charge on any atom is -0.346 e. The van der Waals surface area contributed by atoms with Gasteiger partial charge in [-0.05, 0) is 29.8 Å². The zero-order valence-electron chi connectivity index (χ0n) is 15.7. The number of aromatic nitrogens is 3. The molecule has 2 heterocycles. The zero-order valence-corrected chi connectivity index (χ0v) is 15.7. The molecule has 4 aromatic rings. The molecule has 0 fully saturated rings. The Morgan fingerprint density at radius 2 is 1.83 bits per heavy atom. The van der Waals surface area contributed by atoms with E-state index in [1.165, 1.54) is 4.68 Å². The van der Waals surface area contributed by atoms with Crippen molar-refractivity contribution >= 4 is 16.7 Å². The first-order valence-electron chi connectivity index (χ1n) is 9.14. The molecule has 0 bridgehead atoms. The van der Waals surface area contributed by atoms with Crippen LogP contribution in [-0.4, -0.2) is 20.7 Å². The summed E-state index contributed by atoms with van der Waals surface area (Å²) in [5.41, 5.74) is 0.703. The lowest BCUT2D eigenvalue weighted by atomic mass is 10.1. The number of carbonyl (C=O) groups excluding carboxylic acids is 1. The highest BCUT2D eigenvalue weighted by molar-refractivity contribution is 5.94. The van der Waals surface area contributed by atoms with Crippen molar-refractivity contribution in [3.05, 3.63) is 106 Å². The van der Waals surface area contributed by atoms with Gasteiger partial charge in [-0.2, -0.15) is 5.10 Å². The van der Waals surface area contributed by atoms with Crippen molar-refractivity contribution in [1.82, 2.24) is 20.1 Å². The topological polar surface area (TPSA) is 76.9 Å². The van der Waals surface area contributed by atoms with Gasteiger partial charge in [-0.15, -0.1) is 0 Å². The number of pyridine rings is 1. The van der Waals surface area contributed by atoms with Crippen LogP contribution in [0.2, 0.25) is 0 Å². The number of hydrogen-bond acceptors (Lipinski definition) is 4. The average molecular weight is 406 g/mol. The first-order valence-corrected chi connectivity index (χ1v) is 9.14. The molecule has 4 rings (SSSR count). The van der Waals surface area contributed by atoms with Crippen LogP contribution in [0, 0.1) is 11.6 Å². The van der Waals surface area contributed by atoms with Gasteiger partial charge >= 0.3 is 0 Å². The van der Waals surface area contributed by atoms with Gasteiger partial charge in [0, 0.05) is 23.8 Å². The molecule has 150 valence electrons. The fourth-order valence-electron chi connectivity index (χ4n) is 3.14. The Morgan fingerprint density at radius 3 is 2.57 bits per heavy atom. The molecule has 0 aliphatic carbocycles. The summed E-state index contributed by atoms with van der Waals surface area (Å²) in [6.07, 6.45) is 3.28. The van der Waals surface area contributed by atoms with Crippen LogP contribution < -0.4 is 10.9 Å². The molecule has 1 N–H and O–H groups in total. The normalized spacial score (nSPS) is 10.9. The van der Waals surface area contributed by atoms with Crippen molar-refractivity contribution in [2.75, 3.05) is 0 Å². The molecule has 0 atom stereocenters. The Balaban J connectivity index is 1.66. The molecule has 8 heteroatoms. The van der Waals surface area contributed by atoms with Crippen LogP contribution in [0.3, 0.4) is 0 Å². The highest BCUT2D eigenvalue weighted by Crippen LogP contribution is 2.15. The largest absolute Gasteiger partial charge is 0.346 e. The van der Waals surface area contributed by atoms with Gasteiger partial charge in [0.1, 0.15) is 11.6 Å². The van der Waals surface area contributed by atoms with Gasteiger partial charge in [-0.1, -0.05) is 24.3 Å². The molecular weight excluding hydrogens is 390 g/mol. The molecule has 0 radical (unpaired) electrons. The van der Waals surface area contributed by atoms with E-state index in [4.69, 9.17) is 0 Å². The molecule has 2 aromatic carbocycles. The smallest absolute Gasteiger partial charge is 0.274 e. The molecule has 6 nitrogen and oxygen atoms in total. The van der Waals surface area contributed by atoms with Crippen molar-refractivity contribution in [1.29, 1.82) is 0 Å². The van der Waals surface area contributed by atoms with Gasteiger partial charge in [0.25, 0.3) is 11.5 Å². The van der Waals surface area contributed by atoms with Crippen molar-refractivity contribution in [3.8, 4) is 0 Å². The predicted molar refractivity (Wildman–Crippen MR) is 107 cm³/mol. The minimum atomic E-state index is -0.952. The summed E-state index contributed by atoms with van der Waals surface area (Å²) in [4.78, 5) is 29.2. The van der Waals surface area contributed by atoms with E-state index >= 15 is 0 Å². The number of nitrogens with one attached hydrogen (secondary N) is 1. The molecule has 1 amide bonds. The lowest BCUT2D eigenvalue weighted by Crippen LogP contribution is -2.29. The second-order valence-electron chi connectivity index (χ2n) is 6.62. The van der Waals surface area contributed by atoms with Crippen LogP contribution in [0.4, 0.5) is 8.78 Å². The molecule has 0 unspecified atom stereocenters. The number of hydrogen-bond donors (Lipinski definition) is 1. The van der Waals surface area contributed by atoms with E-state index in [2.05, 4.69) is 15.4 Å². The third-order valence-corrected chi connectivity index (χ3v) is 4.59. The van der Waals surface area contributed by atoms with Crippen LogP contribution in [0.5, 0.6) is 0 Å². The maximum absolute atomic E-state index is 13.9. The quantitative estimate of drug-likeness (QED) is 0.553. The second kappa shape index (κ2) is 8.20. The van der Waals surface area contributed by atoms with Crippen molar-refractivity contribution in [3.63, 3.8) is 0 Å². The van der Waals surface area contributed by atoms with Gasteiger partial charge in [-0.3, -0.25) is 14.6 Å². The number of fused-ring (bicyclic) bond motifs is 1. The van der Waals surface area contributed by atoms with E-state index < -0.39 is 17.5 Å². The summed E-state index contributed by atoms with van der Waals surface area (Å²) in [5, 5.41) is 8.03. The highest BCUT2D eigenvalue weighted by atomic mass is 19.1. The average Bonchev–Trinajstić information content (AvgIpc) is 2.75. The molecule has 0 saturated carbocycles. The van der Waals surface area contributed by atoms with E-state index in [9.17, 15) is 18.4 Å². The molecule has 0 saturated heterocycles. The number of carbonyl (C=O) groups is 1. The zero-order chi connectivity index (χ0) is 21.1. The van der Waals surface area contributed by atoms with Gasteiger partial charge in [0.05, 0.1) is 29.7 Å². The Kier molecular flexibility index (Phi) is 5.30. The summed E-state index contributed by atoms with van der Waals surface area (Å²) < 4.78 is 28.3. The predicted octanol–water partition coefficient (Wildman–Crippen LogP) is 3.05. The SMILES string of the molecule is O=C(NCc1nn(Cc2cccnc2)c(=O)c2ccccc12)c1ccc(F)cc1F. The molecular formula is C22H16F2N4O2. The Labute approximate surface area is 169 Å².